The van der Waals surface area contributed by atoms with E-state index in [0.717, 1.165) is 28.9 Å². The van der Waals surface area contributed by atoms with Crippen molar-refractivity contribution in [2.24, 2.45) is 0 Å². The predicted molar refractivity (Wildman–Crippen MR) is 131 cm³/mol. The van der Waals surface area contributed by atoms with Gasteiger partial charge in [0.25, 0.3) is 5.91 Å². The third kappa shape index (κ3) is 4.43. The molecule has 2 saturated heterocycles. The molecule has 0 radical (unpaired) electrons. The summed E-state index contributed by atoms with van der Waals surface area (Å²) in [6.45, 7) is 4.99. The van der Waals surface area contributed by atoms with Crippen LogP contribution in [0.1, 0.15) is 27.6 Å². The third-order valence-corrected chi connectivity index (χ3v) is 7.29. The van der Waals surface area contributed by atoms with Gasteiger partial charge in [0.2, 0.25) is 0 Å². The SMILES string of the molecule is Cc1cccnc1-c1cccc(C(=O)N2CCN3C[C@@H](c4ccc(F)c(Cl)c4)OC[C@@H]3C2)c1Cl. The topological polar surface area (TPSA) is 45.7 Å². The zero-order valence-electron chi connectivity index (χ0n) is 18.7. The van der Waals surface area contributed by atoms with Gasteiger partial charge in [0.15, 0.2) is 0 Å². The number of pyridine rings is 1. The van der Waals surface area contributed by atoms with E-state index in [4.69, 9.17) is 27.9 Å². The molecule has 1 aromatic heterocycles. The molecule has 176 valence electrons. The van der Waals surface area contributed by atoms with Gasteiger partial charge >= 0.3 is 0 Å². The Hall–Kier alpha value is -2.51. The maximum absolute atomic E-state index is 13.5. The fraction of sp³-hybridized carbons (Fsp3) is 0.308. The van der Waals surface area contributed by atoms with Crippen LogP contribution in [-0.4, -0.2) is 59.5 Å². The average Bonchev–Trinajstić information content (AvgIpc) is 2.85. The number of morpholine rings is 1. The number of benzene rings is 2. The van der Waals surface area contributed by atoms with Gasteiger partial charge < -0.3 is 9.64 Å². The number of carbonyl (C=O) groups is 1. The van der Waals surface area contributed by atoms with Gasteiger partial charge in [-0.3, -0.25) is 14.7 Å². The van der Waals surface area contributed by atoms with Crippen LogP contribution in [0.25, 0.3) is 11.3 Å². The summed E-state index contributed by atoms with van der Waals surface area (Å²) in [7, 11) is 0. The smallest absolute Gasteiger partial charge is 0.255 e. The first-order valence-electron chi connectivity index (χ1n) is 11.2. The molecule has 0 saturated carbocycles. The minimum absolute atomic E-state index is 0.0878. The number of nitrogens with zero attached hydrogens (tertiary/aromatic N) is 3. The van der Waals surface area contributed by atoms with Gasteiger partial charge in [0, 0.05) is 37.9 Å². The van der Waals surface area contributed by atoms with E-state index in [1.54, 1.807) is 24.4 Å². The molecule has 2 fully saturated rings. The van der Waals surface area contributed by atoms with E-state index in [2.05, 4.69) is 9.88 Å². The van der Waals surface area contributed by atoms with Gasteiger partial charge in [-0.2, -0.15) is 0 Å². The van der Waals surface area contributed by atoms with Gasteiger partial charge in [-0.05, 0) is 42.3 Å². The largest absolute Gasteiger partial charge is 0.370 e. The first-order chi connectivity index (χ1) is 16.4. The van der Waals surface area contributed by atoms with Crippen molar-refractivity contribution in [3.63, 3.8) is 0 Å². The number of amides is 1. The number of carbonyl (C=O) groups excluding carboxylic acids is 1. The molecule has 0 unspecified atom stereocenters. The van der Waals surface area contributed by atoms with Crippen LogP contribution in [0.15, 0.2) is 54.7 Å². The number of aromatic nitrogens is 1. The molecule has 2 aliphatic rings. The summed E-state index contributed by atoms with van der Waals surface area (Å²) >= 11 is 12.7. The Kier molecular flexibility index (Phi) is 6.58. The van der Waals surface area contributed by atoms with Gasteiger partial charge in [-0.25, -0.2) is 4.39 Å². The molecular formula is C26H24Cl2FN3O2. The van der Waals surface area contributed by atoms with Crippen molar-refractivity contribution in [1.29, 1.82) is 0 Å². The molecular weight excluding hydrogens is 476 g/mol. The number of rotatable bonds is 3. The summed E-state index contributed by atoms with van der Waals surface area (Å²) < 4.78 is 19.6. The number of hydrogen-bond acceptors (Lipinski definition) is 4. The fourth-order valence-corrected chi connectivity index (χ4v) is 5.19. The molecule has 5 nitrogen and oxygen atoms in total. The fourth-order valence-electron chi connectivity index (χ4n) is 4.70. The van der Waals surface area contributed by atoms with Crippen LogP contribution in [0.4, 0.5) is 4.39 Å². The van der Waals surface area contributed by atoms with Crippen LogP contribution in [0.3, 0.4) is 0 Å². The highest BCUT2D eigenvalue weighted by molar-refractivity contribution is 6.36. The number of fused-ring (bicyclic) bond motifs is 1. The summed E-state index contributed by atoms with van der Waals surface area (Å²) in [4.78, 5) is 22.1. The molecule has 5 rings (SSSR count). The van der Waals surface area contributed by atoms with Crippen molar-refractivity contribution < 1.29 is 13.9 Å². The monoisotopic (exact) mass is 499 g/mol. The van der Waals surface area contributed by atoms with E-state index < -0.39 is 5.82 Å². The maximum Gasteiger partial charge on any atom is 0.255 e. The Labute approximate surface area is 208 Å². The summed E-state index contributed by atoms with van der Waals surface area (Å²) in [5.74, 6) is -0.528. The van der Waals surface area contributed by atoms with Gasteiger partial charge in [0.05, 0.1) is 40.1 Å². The number of piperazine rings is 1. The lowest BCUT2D eigenvalue weighted by molar-refractivity contribution is -0.0858. The van der Waals surface area contributed by atoms with Crippen molar-refractivity contribution in [2.75, 3.05) is 32.8 Å². The number of aryl methyl sites for hydroxylation is 1. The van der Waals surface area contributed by atoms with E-state index >= 15 is 0 Å². The van der Waals surface area contributed by atoms with Crippen LogP contribution in [0.2, 0.25) is 10.0 Å². The van der Waals surface area contributed by atoms with Crippen LogP contribution >= 0.6 is 23.2 Å². The minimum Gasteiger partial charge on any atom is -0.370 e. The van der Waals surface area contributed by atoms with Crippen LogP contribution in [0, 0.1) is 12.7 Å². The zero-order chi connectivity index (χ0) is 23.8. The van der Waals surface area contributed by atoms with Crippen LogP contribution < -0.4 is 0 Å². The maximum atomic E-state index is 13.5. The van der Waals surface area contributed by atoms with Crippen LogP contribution in [-0.2, 0) is 4.74 Å². The average molecular weight is 500 g/mol. The molecule has 2 atom stereocenters. The quantitative estimate of drug-likeness (QED) is 0.483. The second kappa shape index (κ2) is 9.62. The summed E-state index contributed by atoms with van der Waals surface area (Å²) in [6, 6.07) is 14.2. The van der Waals surface area contributed by atoms with E-state index in [-0.39, 0.29) is 23.1 Å². The number of ether oxygens (including phenoxy) is 1. The zero-order valence-corrected chi connectivity index (χ0v) is 20.2. The van der Waals surface area contributed by atoms with E-state index in [9.17, 15) is 9.18 Å². The molecule has 2 aromatic carbocycles. The number of halogens is 3. The molecule has 8 heteroatoms. The molecule has 0 bridgehead atoms. The Bertz CT molecular complexity index is 1240. The lowest BCUT2D eigenvalue weighted by Gasteiger charge is -2.46. The Balaban J connectivity index is 1.30. The molecule has 34 heavy (non-hydrogen) atoms. The minimum atomic E-state index is -0.438. The van der Waals surface area contributed by atoms with Crippen LogP contribution in [0.5, 0.6) is 0 Å². The van der Waals surface area contributed by atoms with Gasteiger partial charge in [-0.1, -0.05) is 47.5 Å². The standard InChI is InChI=1S/C26H24Cl2FN3O2/c1-16-4-3-9-30-25(16)19-5-2-6-20(24(19)28)26(33)32-11-10-31-14-23(34-15-18(31)13-32)17-7-8-22(29)21(27)12-17/h2-9,12,18,23H,10-11,13-15H2,1H3/t18-,23-/m0/s1. The van der Waals surface area contributed by atoms with Crippen molar-refractivity contribution in [3.8, 4) is 11.3 Å². The first kappa shape index (κ1) is 23.2. The van der Waals surface area contributed by atoms with Crippen molar-refractivity contribution >= 4 is 29.1 Å². The first-order valence-corrected chi connectivity index (χ1v) is 12.0. The lowest BCUT2D eigenvalue weighted by Crippen LogP contribution is -2.59. The highest BCUT2D eigenvalue weighted by Gasteiger charge is 2.36. The molecule has 3 aromatic rings. The molecule has 0 N–H and O–H groups in total. The molecule has 1 amide bonds. The molecule has 0 spiro atoms. The van der Waals surface area contributed by atoms with Crippen molar-refractivity contribution in [3.05, 3.63) is 87.3 Å². The second-order valence-corrected chi connectivity index (χ2v) is 9.52. The summed E-state index contributed by atoms with van der Waals surface area (Å²) in [5.41, 5.74) is 3.87. The second-order valence-electron chi connectivity index (χ2n) is 8.73. The van der Waals surface area contributed by atoms with E-state index in [1.165, 1.54) is 6.07 Å². The van der Waals surface area contributed by atoms with Crippen molar-refractivity contribution in [1.82, 2.24) is 14.8 Å². The molecule has 3 heterocycles. The Morgan fingerprint density at radius 3 is 2.76 bits per heavy atom. The Morgan fingerprint density at radius 2 is 1.97 bits per heavy atom. The third-order valence-electron chi connectivity index (χ3n) is 6.59. The molecule has 2 aliphatic heterocycles. The summed E-state index contributed by atoms with van der Waals surface area (Å²) in [5, 5.41) is 0.517. The highest BCUT2D eigenvalue weighted by atomic mass is 35.5. The van der Waals surface area contributed by atoms with E-state index in [1.807, 2.05) is 36.1 Å². The van der Waals surface area contributed by atoms with Gasteiger partial charge in [0.1, 0.15) is 5.82 Å². The normalized spacial score (nSPS) is 20.8. The lowest BCUT2D eigenvalue weighted by atomic mass is 10.0. The predicted octanol–water partition coefficient (Wildman–Crippen LogP) is 5.40. The Morgan fingerprint density at radius 1 is 1.12 bits per heavy atom. The van der Waals surface area contributed by atoms with Gasteiger partial charge in [-0.15, -0.1) is 0 Å². The molecule has 0 aliphatic carbocycles. The van der Waals surface area contributed by atoms with E-state index in [0.29, 0.717) is 36.8 Å². The number of hydrogen-bond donors (Lipinski definition) is 0. The summed E-state index contributed by atoms with van der Waals surface area (Å²) in [6.07, 6.45) is 1.55. The van der Waals surface area contributed by atoms with Crippen molar-refractivity contribution in [2.45, 2.75) is 19.1 Å². The highest BCUT2D eigenvalue weighted by Crippen LogP contribution is 2.33.